The van der Waals surface area contributed by atoms with E-state index in [9.17, 15) is 5.26 Å². The van der Waals surface area contributed by atoms with Crippen LogP contribution in [-0.2, 0) is 0 Å². The second-order valence-corrected chi connectivity index (χ2v) is 5.72. The van der Waals surface area contributed by atoms with E-state index in [1.54, 1.807) is 18.4 Å². The number of allylic oxidation sites excluding steroid dienone is 1. The summed E-state index contributed by atoms with van der Waals surface area (Å²) in [5.41, 5.74) is 8.52. The zero-order chi connectivity index (χ0) is 18.1. The number of nitrogens with one attached hydrogen (secondary N) is 1. The third kappa shape index (κ3) is 2.48. The molecule has 3 aromatic rings. The first-order chi connectivity index (χ1) is 12.7. The zero-order valence-electron chi connectivity index (χ0n) is 14.0. The van der Waals surface area contributed by atoms with Gasteiger partial charge in [-0.1, -0.05) is 12.1 Å². The number of benzene rings is 1. The van der Waals surface area contributed by atoms with Crippen molar-refractivity contribution in [3.05, 3.63) is 65.4 Å². The molecule has 26 heavy (non-hydrogen) atoms. The number of hydrogen-bond acceptors (Lipinski definition) is 6. The molecule has 7 nitrogen and oxygen atoms in total. The molecule has 3 heterocycles. The first kappa shape index (κ1) is 15.8. The second-order valence-electron chi connectivity index (χ2n) is 5.72. The lowest BCUT2D eigenvalue weighted by Crippen LogP contribution is -2.20. The first-order valence-corrected chi connectivity index (χ1v) is 8.15. The van der Waals surface area contributed by atoms with Crippen molar-refractivity contribution in [1.29, 1.82) is 5.26 Å². The maximum atomic E-state index is 9.61. The molecule has 2 aromatic heterocycles. The van der Waals surface area contributed by atoms with Crippen molar-refractivity contribution in [3.8, 4) is 29.0 Å². The molecule has 0 amide bonds. The van der Waals surface area contributed by atoms with Gasteiger partial charge in [0.05, 0.1) is 30.0 Å². The van der Waals surface area contributed by atoms with Crippen LogP contribution in [0.15, 0.2) is 58.5 Å². The average molecular weight is 348 g/mol. The van der Waals surface area contributed by atoms with Gasteiger partial charge in [0.1, 0.15) is 23.2 Å². The number of nitrogens with zero attached hydrogens (tertiary/aromatic N) is 2. The minimum Gasteiger partial charge on any atom is -0.494 e. The van der Waals surface area contributed by atoms with E-state index in [1.807, 2.05) is 31.2 Å². The lowest BCUT2D eigenvalue weighted by atomic mass is 9.86. The fraction of sp³-hybridized carbons (Fsp3) is 0.158. The van der Waals surface area contributed by atoms with Gasteiger partial charge >= 0.3 is 0 Å². The molecule has 0 saturated carbocycles. The maximum Gasteiger partial charge on any atom is 0.244 e. The molecule has 1 aliphatic rings. The van der Waals surface area contributed by atoms with Gasteiger partial charge in [0.25, 0.3) is 0 Å². The molecule has 0 saturated heterocycles. The molecular weight excluding hydrogens is 332 g/mol. The smallest absolute Gasteiger partial charge is 0.244 e. The largest absolute Gasteiger partial charge is 0.494 e. The lowest BCUT2D eigenvalue weighted by molar-refractivity contribution is 0.340. The molecule has 1 aromatic carbocycles. The van der Waals surface area contributed by atoms with Crippen LogP contribution in [0.1, 0.15) is 24.2 Å². The van der Waals surface area contributed by atoms with E-state index >= 15 is 0 Å². The number of H-pyrrole nitrogens is 1. The monoisotopic (exact) mass is 348 g/mol. The van der Waals surface area contributed by atoms with Crippen molar-refractivity contribution in [1.82, 2.24) is 10.2 Å². The normalized spacial score (nSPS) is 15.9. The van der Waals surface area contributed by atoms with Crippen LogP contribution < -0.4 is 15.2 Å². The molecule has 4 rings (SSSR count). The molecule has 0 aliphatic carbocycles. The van der Waals surface area contributed by atoms with Gasteiger partial charge in [-0.3, -0.25) is 5.10 Å². The summed E-state index contributed by atoms with van der Waals surface area (Å²) >= 11 is 0. The molecule has 7 heteroatoms. The summed E-state index contributed by atoms with van der Waals surface area (Å²) in [7, 11) is 0. The van der Waals surface area contributed by atoms with Crippen LogP contribution in [-0.4, -0.2) is 16.8 Å². The predicted molar refractivity (Wildman–Crippen MR) is 93.2 cm³/mol. The molecule has 0 radical (unpaired) electrons. The Hall–Kier alpha value is -3.66. The van der Waals surface area contributed by atoms with Crippen molar-refractivity contribution >= 4 is 0 Å². The van der Waals surface area contributed by atoms with Gasteiger partial charge in [0, 0.05) is 5.56 Å². The number of aromatic amines is 1. The van der Waals surface area contributed by atoms with Crippen LogP contribution in [0.4, 0.5) is 0 Å². The minimum absolute atomic E-state index is 0.0301. The highest BCUT2D eigenvalue weighted by molar-refractivity contribution is 5.71. The van der Waals surface area contributed by atoms with E-state index in [2.05, 4.69) is 16.3 Å². The van der Waals surface area contributed by atoms with Crippen molar-refractivity contribution < 1.29 is 13.9 Å². The SMILES string of the molecule is CCOc1cccc(-c2[nH]nc3c2C(c2ccco2)C(C#N)=C(N)O3)c1. The summed E-state index contributed by atoms with van der Waals surface area (Å²) in [6.45, 7) is 2.50. The fourth-order valence-electron chi connectivity index (χ4n) is 3.11. The number of fused-ring (bicyclic) bond motifs is 1. The van der Waals surface area contributed by atoms with Crippen LogP contribution in [0, 0.1) is 11.3 Å². The molecule has 0 spiro atoms. The lowest BCUT2D eigenvalue weighted by Gasteiger charge is -2.22. The minimum atomic E-state index is -0.497. The molecule has 0 bridgehead atoms. The van der Waals surface area contributed by atoms with Gasteiger partial charge in [-0.2, -0.15) is 5.26 Å². The standard InChI is InChI=1S/C19H16N4O3/c1-2-24-12-6-3-5-11(9-12)17-16-15(14-7-4-8-25-14)13(10-20)18(21)26-19(16)23-22-17/h3-9,15H,2,21H2,1H3,(H,22,23). The van der Waals surface area contributed by atoms with Gasteiger partial charge in [0.2, 0.25) is 11.8 Å². The Balaban J connectivity index is 1.89. The van der Waals surface area contributed by atoms with Gasteiger partial charge < -0.3 is 19.6 Å². The van der Waals surface area contributed by atoms with Gasteiger partial charge in [-0.15, -0.1) is 5.10 Å². The number of nitrogens with two attached hydrogens (primary N) is 1. The van der Waals surface area contributed by atoms with Crippen molar-refractivity contribution in [2.24, 2.45) is 5.73 Å². The van der Waals surface area contributed by atoms with Crippen LogP contribution >= 0.6 is 0 Å². The van der Waals surface area contributed by atoms with E-state index in [-0.39, 0.29) is 11.5 Å². The summed E-state index contributed by atoms with van der Waals surface area (Å²) in [4.78, 5) is 0. The van der Waals surface area contributed by atoms with Gasteiger partial charge in [0.15, 0.2) is 0 Å². The Kier molecular flexibility index (Phi) is 3.86. The summed E-state index contributed by atoms with van der Waals surface area (Å²) in [6.07, 6.45) is 1.56. The van der Waals surface area contributed by atoms with E-state index in [0.29, 0.717) is 23.8 Å². The van der Waals surface area contributed by atoms with Crippen molar-refractivity contribution in [3.63, 3.8) is 0 Å². The number of rotatable bonds is 4. The molecule has 1 atom stereocenters. The number of hydrogen-bond donors (Lipinski definition) is 2. The highest BCUT2D eigenvalue weighted by Gasteiger charge is 2.37. The van der Waals surface area contributed by atoms with Crippen LogP contribution in [0.3, 0.4) is 0 Å². The molecule has 0 fully saturated rings. The maximum absolute atomic E-state index is 9.61. The second kappa shape index (κ2) is 6.33. The average Bonchev–Trinajstić information content (AvgIpc) is 3.31. The summed E-state index contributed by atoms with van der Waals surface area (Å²) in [5, 5.41) is 16.8. The Bertz CT molecular complexity index is 1010. The predicted octanol–water partition coefficient (Wildman–Crippen LogP) is 3.29. The summed E-state index contributed by atoms with van der Waals surface area (Å²) in [6, 6.07) is 13.3. The third-order valence-electron chi connectivity index (χ3n) is 4.20. The zero-order valence-corrected chi connectivity index (χ0v) is 14.0. The van der Waals surface area contributed by atoms with Crippen molar-refractivity contribution in [2.45, 2.75) is 12.8 Å². The highest BCUT2D eigenvalue weighted by atomic mass is 16.5. The van der Waals surface area contributed by atoms with E-state index in [1.165, 1.54) is 0 Å². The Morgan fingerprint density at radius 1 is 1.35 bits per heavy atom. The van der Waals surface area contributed by atoms with E-state index < -0.39 is 5.92 Å². The number of furan rings is 1. The quantitative estimate of drug-likeness (QED) is 0.748. The van der Waals surface area contributed by atoms with E-state index in [4.69, 9.17) is 19.6 Å². The Morgan fingerprint density at radius 2 is 2.23 bits per heavy atom. The molecular formula is C19H16N4O3. The molecule has 130 valence electrons. The number of nitriles is 1. The van der Waals surface area contributed by atoms with Crippen LogP contribution in [0.2, 0.25) is 0 Å². The summed E-state index contributed by atoms with van der Waals surface area (Å²) < 4.78 is 16.7. The van der Waals surface area contributed by atoms with Gasteiger partial charge in [-0.05, 0) is 31.2 Å². The molecule has 1 unspecified atom stereocenters. The topological polar surface area (TPSA) is 110 Å². The first-order valence-electron chi connectivity index (χ1n) is 8.15. The van der Waals surface area contributed by atoms with Crippen LogP contribution in [0.5, 0.6) is 11.6 Å². The third-order valence-corrected chi connectivity index (χ3v) is 4.20. The van der Waals surface area contributed by atoms with Crippen molar-refractivity contribution in [2.75, 3.05) is 6.61 Å². The molecule has 1 aliphatic heterocycles. The number of ether oxygens (including phenoxy) is 2. The fourth-order valence-corrected chi connectivity index (χ4v) is 3.11. The summed E-state index contributed by atoms with van der Waals surface area (Å²) in [5.74, 6) is 1.21. The molecule has 3 N–H and O–H groups in total. The van der Waals surface area contributed by atoms with E-state index in [0.717, 1.165) is 17.0 Å². The highest BCUT2D eigenvalue weighted by Crippen LogP contribution is 2.45. The Morgan fingerprint density at radius 3 is 2.96 bits per heavy atom. The van der Waals surface area contributed by atoms with Crippen LogP contribution in [0.25, 0.3) is 11.3 Å². The Labute approximate surface area is 149 Å². The number of aromatic nitrogens is 2. The van der Waals surface area contributed by atoms with Gasteiger partial charge in [-0.25, -0.2) is 0 Å².